The maximum atomic E-state index is 14.4. The smallest absolute Gasteiger partial charge is 0.244 e. The Morgan fingerprint density at radius 3 is 2.27 bits per heavy atom. The SMILES string of the molecule is CCN(CC)CC.O=C1[C@@H]2CN(S(=O)(=O)c3cccnc3)C[C@@H]2CN1c1cccc2c1cnn2-c1ccccc1F. The lowest BCUT2D eigenvalue weighted by Gasteiger charge is -2.22. The van der Waals surface area contributed by atoms with Crippen LogP contribution in [0.25, 0.3) is 16.6 Å². The van der Waals surface area contributed by atoms with Crippen LogP contribution in [0.4, 0.5) is 10.1 Å². The van der Waals surface area contributed by atoms with E-state index in [-0.39, 0.29) is 35.6 Å². The van der Waals surface area contributed by atoms with Gasteiger partial charge in [-0.3, -0.25) is 9.78 Å². The first-order valence-corrected chi connectivity index (χ1v) is 15.4. The Hall–Kier alpha value is -3.67. The molecular weight excluding hydrogens is 543 g/mol. The molecule has 6 rings (SSSR count). The van der Waals surface area contributed by atoms with Crippen molar-refractivity contribution in [3.05, 3.63) is 79.0 Å². The Kier molecular flexibility index (Phi) is 8.48. The van der Waals surface area contributed by atoms with Gasteiger partial charge in [0.25, 0.3) is 0 Å². The third-order valence-corrected chi connectivity index (χ3v) is 9.80. The molecule has 0 unspecified atom stereocenters. The molecule has 2 aromatic carbocycles. The number of carbonyl (C=O) groups excluding carboxylic acids is 1. The first-order chi connectivity index (χ1) is 19.8. The normalized spacial score (nSPS) is 19.0. The van der Waals surface area contributed by atoms with E-state index in [2.05, 4.69) is 35.8 Å². The van der Waals surface area contributed by atoms with Gasteiger partial charge < -0.3 is 9.80 Å². The van der Waals surface area contributed by atoms with Crippen molar-refractivity contribution in [1.82, 2.24) is 24.0 Å². The van der Waals surface area contributed by atoms with Crippen molar-refractivity contribution < 1.29 is 17.6 Å². The second-order valence-electron chi connectivity index (χ2n) is 10.2. The summed E-state index contributed by atoms with van der Waals surface area (Å²) >= 11 is 0. The fraction of sp³-hybridized carbons (Fsp3) is 0.367. The molecule has 2 aromatic heterocycles. The number of hydrogen-bond donors (Lipinski definition) is 0. The van der Waals surface area contributed by atoms with Crippen molar-refractivity contribution in [3.63, 3.8) is 0 Å². The number of aromatic nitrogens is 3. The molecule has 2 fully saturated rings. The molecule has 9 nitrogen and oxygen atoms in total. The highest BCUT2D eigenvalue weighted by atomic mass is 32.2. The number of pyridine rings is 1. The van der Waals surface area contributed by atoms with Crippen molar-refractivity contribution in [3.8, 4) is 5.69 Å². The van der Waals surface area contributed by atoms with E-state index in [0.717, 1.165) is 5.39 Å². The second-order valence-corrected chi connectivity index (χ2v) is 12.1. The van der Waals surface area contributed by atoms with Crippen LogP contribution in [0.5, 0.6) is 0 Å². The number of fused-ring (bicyclic) bond motifs is 2. The summed E-state index contributed by atoms with van der Waals surface area (Å²) in [6, 6.07) is 15.0. The minimum atomic E-state index is -3.70. The van der Waals surface area contributed by atoms with Crippen LogP contribution < -0.4 is 4.90 Å². The Morgan fingerprint density at radius 2 is 1.63 bits per heavy atom. The number of amides is 1. The van der Waals surface area contributed by atoms with Gasteiger partial charge in [0.05, 0.1) is 23.3 Å². The van der Waals surface area contributed by atoms with Gasteiger partial charge in [0.15, 0.2) is 0 Å². The molecule has 0 radical (unpaired) electrons. The molecule has 2 aliphatic rings. The van der Waals surface area contributed by atoms with Gasteiger partial charge in [-0.1, -0.05) is 39.0 Å². The third-order valence-electron chi connectivity index (χ3n) is 7.98. The monoisotopic (exact) mass is 578 g/mol. The van der Waals surface area contributed by atoms with Crippen LogP contribution >= 0.6 is 0 Å². The van der Waals surface area contributed by atoms with Crippen molar-refractivity contribution in [1.29, 1.82) is 0 Å². The molecule has 0 bridgehead atoms. The summed E-state index contributed by atoms with van der Waals surface area (Å²) in [5.41, 5.74) is 1.71. The lowest BCUT2D eigenvalue weighted by Crippen LogP contribution is -2.35. The van der Waals surface area contributed by atoms with E-state index in [1.54, 1.807) is 35.4 Å². The summed E-state index contributed by atoms with van der Waals surface area (Å²) in [7, 11) is -3.70. The molecule has 11 heteroatoms. The highest BCUT2D eigenvalue weighted by molar-refractivity contribution is 7.89. The summed E-state index contributed by atoms with van der Waals surface area (Å²) in [6.07, 6.45) is 4.48. The van der Waals surface area contributed by atoms with Crippen molar-refractivity contribution in [2.75, 3.05) is 44.2 Å². The summed E-state index contributed by atoms with van der Waals surface area (Å²) in [6.45, 7) is 10.9. The molecule has 0 saturated carbocycles. The van der Waals surface area contributed by atoms with E-state index >= 15 is 0 Å². The van der Waals surface area contributed by atoms with Crippen LogP contribution in [0.1, 0.15) is 20.8 Å². The van der Waals surface area contributed by atoms with Crippen molar-refractivity contribution in [2.24, 2.45) is 11.8 Å². The van der Waals surface area contributed by atoms with Crippen LogP contribution in [0.2, 0.25) is 0 Å². The number of carbonyl (C=O) groups is 1. The van der Waals surface area contributed by atoms with Gasteiger partial charge in [0.2, 0.25) is 15.9 Å². The van der Waals surface area contributed by atoms with Crippen molar-refractivity contribution in [2.45, 2.75) is 25.7 Å². The van der Waals surface area contributed by atoms with Crippen LogP contribution in [0, 0.1) is 17.7 Å². The largest absolute Gasteiger partial charge is 0.311 e. The Labute approximate surface area is 240 Å². The number of hydrogen-bond acceptors (Lipinski definition) is 6. The van der Waals surface area contributed by atoms with Crippen LogP contribution in [0.15, 0.2) is 78.1 Å². The quantitative estimate of drug-likeness (QED) is 0.327. The zero-order chi connectivity index (χ0) is 29.1. The average Bonchev–Trinajstić information content (AvgIpc) is 3.70. The second kappa shape index (κ2) is 12.1. The number of benzene rings is 2. The maximum absolute atomic E-state index is 14.4. The molecule has 216 valence electrons. The lowest BCUT2D eigenvalue weighted by molar-refractivity contribution is -0.120. The summed E-state index contributed by atoms with van der Waals surface area (Å²) in [4.78, 5) is 21.5. The number of nitrogens with zero attached hydrogens (tertiary/aromatic N) is 6. The number of para-hydroxylation sites is 1. The molecule has 1 amide bonds. The van der Waals surface area contributed by atoms with E-state index in [1.165, 1.54) is 53.1 Å². The zero-order valence-corrected chi connectivity index (χ0v) is 24.3. The highest BCUT2D eigenvalue weighted by Crippen LogP contribution is 2.39. The minimum absolute atomic E-state index is 0.111. The molecule has 41 heavy (non-hydrogen) atoms. The predicted molar refractivity (Wildman–Crippen MR) is 157 cm³/mol. The molecule has 2 atom stereocenters. The van der Waals surface area contributed by atoms with Crippen LogP contribution in [-0.4, -0.2) is 77.6 Å². The van der Waals surface area contributed by atoms with E-state index in [0.29, 0.717) is 23.4 Å². The summed E-state index contributed by atoms with van der Waals surface area (Å²) in [5.74, 6) is -1.03. The maximum Gasteiger partial charge on any atom is 0.244 e. The average molecular weight is 579 g/mol. The minimum Gasteiger partial charge on any atom is -0.311 e. The van der Waals surface area contributed by atoms with Crippen molar-refractivity contribution >= 4 is 32.5 Å². The van der Waals surface area contributed by atoms with Gasteiger partial charge in [-0.15, -0.1) is 0 Å². The third kappa shape index (κ3) is 5.49. The molecule has 0 N–H and O–H groups in total. The van der Waals surface area contributed by atoms with E-state index in [9.17, 15) is 17.6 Å². The molecular formula is C30H35FN6O3S. The number of halogens is 1. The van der Waals surface area contributed by atoms with Gasteiger partial charge in [-0.25, -0.2) is 17.5 Å². The Morgan fingerprint density at radius 1 is 0.902 bits per heavy atom. The Bertz CT molecular complexity index is 1620. The fourth-order valence-electron chi connectivity index (χ4n) is 5.64. The summed E-state index contributed by atoms with van der Waals surface area (Å²) < 4.78 is 43.2. The van der Waals surface area contributed by atoms with E-state index < -0.39 is 15.9 Å². The van der Waals surface area contributed by atoms with E-state index in [4.69, 9.17) is 0 Å². The van der Waals surface area contributed by atoms with Gasteiger partial charge in [-0.05, 0) is 56.0 Å². The first-order valence-electron chi connectivity index (χ1n) is 14.0. The van der Waals surface area contributed by atoms with Crippen LogP contribution in [0.3, 0.4) is 0 Å². The molecule has 2 aliphatic heterocycles. The fourth-order valence-corrected chi connectivity index (χ4v) is 7.13. The zero-order valence-electron chi connectivity index (χ0n) is 23.5. The predicted octanol–water partition coefficient (Wildman–Crippen LogP) is 4.19. The molecule has 0 spiro atoms. The van der Waals surface area contributed by atoms with Gasteiger partial charge in [0, 0.05) is 43.3 Å². The molecule has 2 saturated heterocycles. The van der Waals surface area contributed by atoms with Gasteiger partial charge in [-0.2, -0.15) is 9.40 Å². The molecule has 4 heterocycles. The summed E-state index contributed by atoms with van der Waals surface area (Å²) in [5, 5.41) is 5.11. The standard InChI is InChI=1S/C24H20FN5O3S.C6H15N/c25-20-6-1-2-7-23(20)30-22-9-3-8-21(18(22)12-27-30)29-14-16-13-28(15-19(16)24(29)31)34(32,33)17-5-4-10-26-11-17;1-4-7(5-2)6-3/h1-12,16,19H,13-15H2;4-6H2,1-3H3/t16-,19-;/m1./s1. The number of rotatable bonds is 7. The van der Waals surface area contributed by atoms with Crippen LogP contribution in [-0.2, 0) is 14.8 Å². The van der Waals surface area contributed by atoms with Gasteiger partial charge >= 0.3 is 0 Å². The number of sulfonamides is 1. The molecule has 0 aliphatic carbocycles. The highest BCUT2D eigenvalue weighted by Gasteiger charge is 2.50. The first kappa shape index (κ1) is 28.8. The van der Waals surface area contributed by atoms with E-state index in [1.807, 2.05) is 18.2 Å². The topological polar surface area (TPSA) is 91.6 Å². The van der Waals surface area contributed by atoms with Gasteiger partial charge in [0.1, 0.15) is 16.4 Å². The lowest BCUT2D eigenvalue weighted by atomic mass is 10.0. The molecule has 4 aromatic rings. The Balaban J connectivity index is 0.000000431. The number of anilines is 1.